The average Bonchev–Trinajstić information content (AvgIpc) is 2.86. The molecule has 0 saturated carbocycles. The zero-order valence-corrected chi connectivity index (χ0v) is 20.8. The molecule has 0 aliphatic heterocycles. The maximum atomic E-state index is 12.3. The lowest BCUT2D eigenvalue weighted by Crippen LogP contribution is -2.32. The Hall–Kier alpha value is -4.46. The molecule has 0 atom stereocenters. The topological polar surface area (TPSA) is 109 Å². The molecule has 0 radical (unpaired) electrons. The molecule has 0 saturated heterocycles. The van der Waals surface area contributed by atoms with E-state index in [2.05, 4.69) is 21.2 Å². The van der Waals surface area contributed by atoms with Crippen LogP contribution in [0.5, 0.6) is 5.75 Å². The van der Waals surface area contributed by atoms with E-state index in [1.807, 2.05) is 52.0 Å². The molecule has 0 unspecified atom stereocenters. The van der Waals surface area contributed by atoms with Gasteiger partial charge in [-0.3, -0.25) is 14.4 Å². The van der Waals surface area contributed by atoms with Crippen molar-refractivity contribution in [1.82, 2.24) is 5.43 Å². The van der Waals surface area contributed by atoms with Crippen molar-refractivity contribution in [1.29, 1.82) is 0 Å². The van der Waals surface area contributed by atoms with Crippen LogP contribution >= 0.6 is 0 Å². The molecular formula is C28H30N4O4. The second-order valence-corrected chi connectivity index (χ2v) is 8.34. The Labute approximate surface area is 210 Å². The fourth-order valence-corrected chi connectivity index (χ4v) is 3.70. The van der Waals surface area contributed by atoms with Crippen molar-refractivity contribution in [2.75, 3.05) is 17.2 Å². The fraction of sp³-hybridized carbons (Fsp3) is 0.214. The lowest BCUT2D eigenvalue weighted by Gasteiger charge is -2.13. The Morgan fingerprint density at radius 2 is 1.56 bits per heavy atom. The van der Waals surface area contributed by atoms with E-state index in [-0.39, 0.29) is 12.5 Å². The molecule has 8 nitrogen and oxygen atoms in total. The number of hydrogen-bond donors (Lipinski definition) is 3. The number of amides is 3. The summed E-state index contributed by atoms with van der Waals surface area (Å²) in [7, 11) is 0. The SMILES string of the molecule is CCc1ccccc1NC(=O)C(=O)N/N=C\c1ccc(OCC(=O)Nc2c(C)cc(C)cc2C)cc1. The molecule has 3 rings (SSSR count). The number of hydrogen-bond acceptors (Lipinski definition) is 5. The van der Waals surface area contributed by atoms with Gasteiger partial charge < -0.3 is 15.4 Å². The quantitative estimate of drug-likeness (QED) is 0.251. The zero-order valence-electron chi connectivity index (χ0n) is 20.8. The van der Waals surface area contributed by atoms with Crippen molar-refractivity contribution in [2.45, 2.75) is 34.1 Å². The molecule has 0 heterocycles. The molecule has 0 aromatic heterocycles. The molecule has 3 aromatic carbocycles. The standard InChI is InChI=1S/C28H30N4O4/c1-5-22-8-6-7-9-24(22)30-27(34)28(35)32-29-16-21-10-12-23(13-11-21)36-17-25(33)31-26-19(3)14-18(2)15-20(26)4/h6-16H,5,17H2,1-4H3,(H,30,34)(H,31,33)(H,32,35)/b29-16-. The van der Waals surface area contributed by atoms with Crippen molar-refractivity contribution in [3.8, 4) is 5.75 Å². The number of benzene rings is 3. The van der Waals surface area contributed by atoms with Crippen LogP contribution in [0.25, 0.3) is 0 Å². The first-order valence-electron chi connectivity index (χ1n) is 11.6. The molecule has 3 aromatic rings. The van der Waals surface area contributed by atoms with Crippen molar-refractivity contribution in [2.24, 2.45) is 5.10 Å². The highest BCUT2D eigenvalue weighted by atomic mass is 16.5. The summed E-state index contributed by atoms with van der Waals surface area (Å²) >= 11 is 0. The third-order valence-electron chi connectivity index (χ3n) is 5.42. The van der Waals surface area contributed by atoms with E-state index in [4.69, 9.17) is 4.74 Å². The summed E-state index contributed by atoms with van der Waals surface area (Å²) in [6, 6.07) is 18.1. The van der Waals surface area contributed by atoms with Gasteiger partial charge in [0.15, 0.2) is 6.61 Å². The number of hydrazone groups is 1. The van der Waals surface area contributed by atoms with Gasteiger partial charge in [0, 0.05) is 11.4 Å². The van der Waals surface area contributed by atoms with Crippen LogP contribution in [0.15, 0.2) is 65.8 Å². The summed E-state index contributed by atoms with van der Waals surface area (Å²) in [6.07, 6.45) is 2.14. The van der Waals surface area contributed by atoms with Crippen LogP contribution in [0.2, 0.25) is 0 Å². The number of para-hydroxylation sites is 1. The molecule has 0 fully saturated rings. The first-order valence-corrected chi connectivity index (χ1v) is 11.6. The Morgan fingerprint density at radius 1 is 0.889 bits per heavy atom. The predicted octanol–water partition coefficient (Wildman–Crippen LogP) is 4.28. The number of anilines is 2. The second-order valence-electron chi connectivity index (χ2n) is 8.34. The minimum atomic E-state index is -0.873. The van der Waals surface area contributed by atoms with Gasteiger partial charge in [-0.25, -0.2) is 5.43 Å². The minimum Gasteiger partial charge on any atom is -0.484 e. The first-order chi connectivity index (χ1) is 17.3. The Kier molecular flexibility index (Phi) is 8.94. The van der Waals surface area contributed by atoms with Gasteiger partial charge in [-0.05, 0) is 79.8 Å². The van der Waals surface area contributed by atoms with Gasteiger partial charge in [0.1, 0.15) is 5.75 Å². The minimum absolute atomic E-state index is 0.132. The average molecular weight is 487 g/mol. The monoisotopic (exact) mass is 486 g/mol. The molecule has 36 heavy (non-hydrogen) atoms. The summed E-state index contributed by atoms with van der Waals surface area (Å²) < 4.78 is 5.57. The molecule has 0 aliphatic rings. The predicted molar refractivity (Wildman–Crippen MR) is 141 cm³/mol. The molecule has 0 bridgehead atoms. The number of nitrogens with zero attached hydrogens (tertiary/aromatic N) is 1. The molecular weight excluding hydrogens is 456 g/mol. The lowest BCUT2D eigenvalue weighted by molar-refractivity contribution is -0.136. The number of ether oxygens (including phenoxy) is 1. The summed E-state index contributed by atoms with van der Waals surface area (Å²) in [5.41, 5.74) is 8.36. The van der Waals surface area contributed by atoms with Gasteiger partial charge >= 0.3 is 11.8 Å². The molecule has 0 spiro atoms. The fourth-order valence-electron chi connectivity index (χ4n) is 3.70. The van der Waals surface area contributed by atoms with Crippen molar-refractivity contribution >= 4 is 35.3 Å². The maximum absolute atomic E-state index is 12.3. The molecule has 186 valence electrons. The summed E-state index contributed by atoms with van der Waals surface area (Å²) in [5.74, 6) is -1.41. The zero-order chi connectivity index (χ0) is 26.1. The van der Waals surface area contributed by atoms with Crippen LogP contribution < -0.4 is 20.8 Å². The third-order valence-corrected chi connectivity index (χ3v) is 5.42. The lowest BCUT2D eigenvalue weighted by atomic mass is 10.1. The van der Waals surface area contributed by atoms with Crippen molar-refractivity contribution < 1.29 is 19.1 Å². The van der Waals surface area contributed by atoms with E-state index in [1.165, 1.54) is 6.21 Å². The summed E-state index contributed by atoms with van der Waals surface area (Å²) in [4.78, 5) is 36.5. The summed E-state index contributed by atoms with van der Waals surface area (Å²) in [5, 5.41) is 9.32. The number of rotatable bonds is 8. The second kappa shape index (κ2) is 12.3. The van der Waals surface area contributed by atoms with E-state index >= 15 is 0 Å². The van der Waals surface area contributed by atoms with E-state index in [0.29, 0.717) is 17.0 Å². The Balaban J connectivity index is 1.47. The van der Waals surface area contributed by atoms with Crippen LogP contribution in [0.1, 0.15) is 34.7 Å². The van der Waals surface area contributed by atoms with E-state index < -0.39 is 11.8 Å². The van der Waals surface area contributed by atoms with Gasteiger partial charge in [-0.15, -0.1) is 0 Å². The summed E-state index contributed by atoms with van der Waals surface area (Å²) in [6.45, 7) is 7.76. The number of aryl methyl sites for hydroxylation is 4. The number of carbonyl (C=O) groups is 3. The van der Waals surface area contributed by atoms with Crippen LogP contribution in [-0.4, -0.2) is 30.5 Å². The van der Waals surface area contributed by atoms with E-state index in [9.17, 15) is 14.4 Å². The highest BCUT2D eigenvalue weighted by molar-refractivity contribution is 6.39. The van der Waals surface area contributed by atoms with Gasteiger partial charge in [0.05, 0.1) is 6.21 Å². The molecule has 8 heteroatoms. The van der Waals surface area contributed by atoms with E-state index in [0.717, 1.165) is 34.4 Å². The molecule has 3 N–H and O–H groups in total. The number of nitrogens with one attached hydrogen (secondary N) is 3. The smallest absolute Gasteiger partial charge is 0.329 e. The van der Waals surface area contributed by atoms with Crippen molar-refractivity contribution in [3.63, 3.8) is 0 Å². The first kappa shape index (κ1) is 26.2. The van der Waals surface area contributed by atoms with Crippen LogP contribution in [0.3, 0.4) is 0 Å². The molecule has 3 amide bonds. The van der Waals surface area contributed by atoms with Gasteiger partial charge in [-0.2, -0.15) is 5.10 Å². The van der Waals surface area contributed by atoms with Crippen LogP contribution in [0.4, 0.5) is 11.4 Å². The van der Waals surface area contributed by atoms with Crippen molar-refractivity contribution in [3.05, 3.63) is 88.5 Å². The Morgan fingerprint density at radius 3 is 2.22 bits per heavy atom. The Bertz CT molecular complexity index is 1260. The maximum Gasteiger partial charge on any atom is 0.329 e. The largest absolute Gasteiger partial charge is 0.484 e. The van der Waals surface area contributed by atoms with Crippen LogP contribution in [-0.2, 0) is 20.8 Å². The normalized spacial score (nSPS) is 10.7. The third kappa shape index (κ3) is 7.27. The van der Waals surface area contributed by atoms with Gasteiger partial charge in [0.2, 0.25) is 0 Å². The highest BCUT2D eigenvalue weighted by Gasteiger charge is 2.14. The molecule has 0 aliphatic carbocycles. The number of carbonyl (C=O) groups excluding carboxylic acids is 3. The van der Waals surface area contributed by atoms with E-state index in [1.54, 1.807) is 36.4 Å². The highest BCUT2D eigenvalue weighted by Crippen LogP contribution is 2.22. The van der Waals surface area contributed by atoms with Gasteiger partial charge in [-0.1, -0.05) is 42.8 Å². The van der Waals surface area contributed by atoms with Gasteiger partial charge in [0.25, 0.3) is 5.91 Å². The van der Waals surface area contributed by atoms with Crippen LogP contribution in [0, 0.1) is 20.8 Å².